The molecule has 7 heteroatoms. The van der Waals surface area contributed by atoms with Crippen molar-refractivity contribution in [2.45, 2.75) is 19.5 Å². The molecule has 0 bridgehead atoms. The lowest BCUT2D eigenvalue weighted by molar-refractivity contribution is 0.0733. The van der Waals surface area contributed by atoms with Gasteiger partial charge in [-0.1, -0.05) is 47.7 Å². The number of rotatable bonds is 6. The first-order valence-corrected chi connectivity index (χ1v) is 8.30. The summed E-state index contributed by atoms with van der Waals surface area (Å²) in [6.07, 6.45) is 8.77. The molecule has 3 aromatic rings. The first-order valence-electron chi connectivity index (χ1n) is 8.30. The Hall–Kier alpha value is -3.35. The van der Waals surface area contributed by atoms with E-state index in [0.717, 1.165) is 11.3 Å². The quantitative estimate of drug-likeness (QED) is 0.684. The zero-order chi connectivity index (χ0) is 18.4. The van der Waals surface area contributed by atoms with Crippen LogP contribution in [0.1, 0.15) is 34.7 Å². The molecule has 1 atom stereocenters. The summed E-state index contributed by atoms with van der Waals surface area (Å²) in [5.41, 5.74) is 2.19. The highest BCUT2D eigenvalue weighted by atomic mass is 16.2. The average Bonchev–Trinajstić information content (AvgIpc) is 3.16. The minimum Gasteiger partial charge on any atom is -0.332 e. The second kappa shape index (κ2) is 8.15. The number of carbonyl (C=O) groups excluding carboxylic acids is 1. The molecule has 0 radical (unpaired) electrons. The van der Waals surface area contributed by atoms with Gasteiger partial charge in [0.15, 0.2) is 5.69 Å². The van der Waals surface area contributed by atoms with E-state index in [1.54, 1.807) is 35.1 Å². The summed E-state index contributed by atoms with van der Waals surface area (Å²) in [4.78, 5) is 22.3. The fourth-order valence-electron chi connectivity index (χ4n) is 2.45. The van der Waals surface area contributed by atoms with Gasteiger partial charge in [0.05, 0.1) is 24.5 Å². The van der Waals surface area contributed by atoms with Crippen LogP contribution in [0.15, 0.2) is 61.2 Å². The predicted molar refractivity (Wildman–Crippen MR) is 98.0 cm³/mol. The van der Waals surface area contributed by atoms with Crippen molar-refractivity contribution < 1.29 is 4.79 Å². The summed E-state index contributed by atoms with van der Waals surface area (Å²) in [6.45, 7) is 2.45. The maximum Gasteiger partial charge on any atom is 0.276 e. The predicted octanol–water partition coefficient (Wildman–Crippen LogP) is 2.61. The number of nitrogens with zero attached hydrogens (tertiary/aromatic N) is 6. The van der Waals surface area contributed by atoms with Crippen LogP contribution < -0.4 is 0 Å². The molecule has 26 heavy (non-hydrogen) atoms. The van der Waals surface area contributed by atoms with Crippen LogP contribution in [0.2, 0.25) is 0 Å². The van der Waals surface area contributed by atoms with Gasteiger partial charge >= 0.3 is 0 Å². The SMILES string of the molecule is C[C@H](c1ccncn1)N(C)C(=O)c1cn(C/C=C/c2ccccc2)nn1. The van der Waals surface area contributed by atoms with Crippen LogP contribution in [0.4, 0.5) is 0 Å². The van der Waals surface area contributed by atoms with Gasteiger partial charge in [-0.25, -0.2) is 14.6 Å². The molecule has 132 valence electrons. The largest absolute Gasteiger partial charge is 0.332 e. The van der Waals surface area contributed by atoms with E-state index in [-0.39, 0.29) is 11.9 Å². The second-order valence-corrected chi connectivity index (χ2v) is 5.87. The molecular weight excluding hydrogens is 328 g/mol. The van der Waals surface area contributed by atoms with Gasteiger partial charge in [0.1, 0.15) is 6.33 Å². The van der Waals surface area contributed by atoms with Crippen molar-refractivity contribution in [1.82, 2.24) is 29.9 Å². The van der Waals surface area contributed by atoms with Crippen molar-refractivity contribution in [3.8, 4) is 0 Å². The van der Waals surface area contributed by atoms with Gasteiger partial charge in [-0.2, -0.15) is 0 Å². The van der Waals surface area contributed by atoms with Crippen LogP contribution >= 0.6 is 0 Å². The molecule has 0 aliphatic heterocycles. The second-order valence-electron chi connectivity index (χ2n) is 5.87. The first-order chi connectivity index (χ1) is 12.6. The minimum atomic E-state index is -0.200. The highest BCUT2D eigenvalue weighted by Gasteiger charge is 2.22. The molecule has 1 aromatic carbocycles. The number of benzene rings is 1. The van der Waals surface area contributed by atoms with E-state index in [2.05, 4.69) is 20.3 Å². The van der Waals surface area contributed by atoms with Crippen molar-refractivity contribution in [3.63, 3.8) is 0 Å². The lowest BCUT2D eigenvalue weighted by Crippen LogP contribution is -2.30. The van der Waals surface area contributed by atoms with Crippen molar-refractivity contribution in [2.24, 2.45) is 0 Å². The Morgan fingerprint density at radius 1 is 1.27 bits per heavy atom. The monoisotopic (exact) mass is 348 g/mol. The molecule has 7 nitrogen and oxygen atoms in total. The fourth-order valence-corrected chi connectivity index (χ4v) is 2.45. The molecule has 0 aliphatic rings. The molecule has 0 aliphatic carbocycles. The third-order valence-corrected chi connectivity index (χ3v) is 4.09. The van der Waals surface area contributed by atoms with Gasteiger partial charge in [0, 0.05) is 13.2 Å². The Bertz CT molecular complexity index is 875. The van der Waals surface area contributed by atoms with Gasteiger partial charge < -0.3 is 4.90 Å². The Labute approximate surface area is 152 Å². The number of amides is 1. The van der Waals surface area contributed by atoms with Crippen LogP contribution in [0.25, 0.3) is 6.08 Å². The molecule has 0 saturated carbocycles. The van der Waals surface area contributed by atoms with Crippen LogP contribution in [0.5, 0.6) is 0 Å². The van der Waals surface area contributed by atoms with E-state index in [1.807, 2.05) is 49.4 Å². The maximum atomic E-state index is 12.6. The van der Waals surface area contributed by atoms with Gasteiger partial charge in [0.2, 0.25) is 0 Å². The van der Waals surface area contributed by atoms with Crippen LogP contribution in [0, 0.1) is 0 Å². The van der Waals surface area contributed by atoms with E-state index in [4.69, 9.17) is 0 Å². The number of hydrogen-bond donors (Lipinski definition) is 0. The average molecular weight is 348 g/mol. The smallest absolute Gasteiger partial charge is 0.276 e. The van der Waals surface area contributed by atoms with Crippen LogP contribution in [-0.4, -0.2) is 42.8 Å². The Morgan fingerprint density at radius 2 is 2.08 bits per heavy atom. The lowest BCUT2D eigenvalue weighted by Gasteiger charge is -2.23. The molecule has 0 unspecified atom stereocenters. The van der Waals surface area contributed by atoms with Crippen molar-refractivity contribution in [1.29, 1.82) is 0 Å². The molecular formula is C19H20N6O. The molecule has 2 aromatic heterocycles. The Morgan fingerprint density at radius 3 is 2.81 bits per heavy atom. The molecule has 1 amide bonds. The summed E-state index contributed by atoms with van der Waals surface area (Å²) in [5.74, 6) is -0.200. The number of allylic oxidation sites excluding steroid dienone is 1. The van der Waals surface area contributed by atoms with E-state index >= 15 is 0 Å². The molecule has 0 fully saturated rings. The summed E-state index contributed by atoms with van der Waals surface area (Å²) < 4.78 is 1.63. The lowest BCUT2D eigenvalue weighted by atomic mass is 10.2. The molecule has 2 heterocycles. The van der Waals surface area contributed by atoms with Crippen molar-refractivity contribution in [3.05, 3.63) is 78.1 Å². The Balaban J connectivity index is 1.63. The van der Waals surface area contributed by atoms with Crippen molar-refractivity contribution >= 4 is 12.0 Å². The number of aromatic nitrogens is 5. The summed E-state index contributed by atoms with van der Waals surface area (Å²) in [7, 11) is 1.73. The molecule has 0 spiro atoms. The van der Waals surface area contributed by atoms with E-state index in [1.165, 1.54) is 6.33 Å². The van der Waals surface area contributed by atoms with E-state index in [0.29, 0.717) is 12.2 Å². The molecule has 3 rings (SSSR count). The van der Waals surface area contributed by atoms with Gasteiger partial charge in [-0.3, -0.25) is 4.79 Å². The Kier molecular flexibility index (Phi) is 5.48. The third-order valence-electron chi connectivity index (χ3n) is 4.09. The summed E-state index contributed by atoms with van der Waals surface area (Å²) in [6, 6.07) is 11.6. The van der Waals surface area contributed by atoms with Crippen LogP contribution in [-0.2, 0) is 6.54 Å². The van der Waals surface area contributed by atoms with Crippen LogP contribution in [0.3, 0.4) is 0 Å². The first kappa shape index (κ1) is 17.5. The molecule has 0 N–H and O–H groups in total. The van der Waals surface area contributed by atoms with E-state index in [9.17, 15) is 4.79 Å². The standard InChI is InChI=1S/C19H20N6O/c1-15(17-10-11-20-14-21-17)24(2)19(26)18-13-25(23-22-18)12-6-9-16-7-4-3-5-8-16/h3-11,13-15H,12H2,1-2H3/b9-6+/t15-/m1/s1. The molecule has 0 saturated heterocycles. The zero-order valence-corrected chi connectivity index (χ0v) is 14.7. The van der Waals surface area contributed by atoms with E-state index < -0.39 is 0 Å². The third kappa shape index (κ3) is 4.18. The number of hydrogen-bond acceptors (Lipinski definition) is 5. The highest BCUT2D eigenvalue weighted by Crippen LogP contribution is 2.17. The fraction of sp³-hybridized carbons (Fsp3) is 0.211. The zero-order valence-electron chi connectivity index (χ0n) is 14.7. The highest BCUT2D eigenvalue weighted by molar-refractivity contribution is 5.92. The van der Waals surface area contributed by atoms with Gasteiger partial charge in [-0.15, -0.1) is 5.10 Å². The van der Waals surface area contributed by atoms with Gasteiger partial charge in [0.25, 0.3) is 5.91 Å². The van der Waals surface area contributed by atoms with Crippen molar-refractivity contribution in [2.75, 3.05) is 7.05 Å². The summed E-state index contributed by atoms with van der Waals surface area (Å²) >= 11 is 0. The number of carbonyl (C=O) groups is 1. The minimum absolute atomic E-state index is 0.186. The normalized spacial score (nSPS) is 12.2. The van der Waals surface area contributed by atoms with Gasteiger partial charge in [-0.05, 0) is 18.6 Å². The summed E-state index contributed by atoms with van der Waals surface area (Å²) in [5, 5.41) is 8.02. The maximum absolute atomic E-state index is 12.6. The topological polar surface area (TPSA) is 76.8 Å².